The lowest BCUT2D eigenvalue weighted by Crippen LogP contribution is -2.33. The first-order valence-corrected chi connectivity index (χ1v) is 5.68. The third-order valence-corrected chi connectivity index (χ3v) is 3.16. The Morgan fingerprint density at radius 2 is 2.38 bits per heavy atom. The Bertz CT molecular complexity index is 406. The molecular formula is C12H16NO2P. The molecule has 1 aromatic rings. The van der Waals surface area contributed by atoms with Gasteiger partial charge >= 0.3 is 0 Å². The van der Waals surface area contributed by atoms with Gasteiger partial charge in [-0.2, -0.15) is 0 Å². The van der Waals surface area contributed by atoms with Crippen LogP contribution in [0.4, 0.5) is 0 Å². The second kappa shape index (κ2) is 4.86. The molecule has 0 amide bonds. The molecule has 1 heterocycles. The molecule has 86 valence electrons. The van der Waals surface area contributed by atoms with E-state index in [-0.39, 0.29) is 0 Å². The molecule has 2 atom stereocenters. The van der Waals surface area contributed by atoms with Crippen molar-refractivity contribution in [3.8, 4) is 11.5 Å². The van der Waals surface area contributed by atoms with Crippen molar-refractivity contribution in [3.63, 3.8) is 0 Å². The highest BCUT2D eigenvalue weighted by molar-refractivity contribution is 7.10. The Morgan fingerprint density at radius 3 is 3.00 bits per heavy atom. The van der Waals surface area contributed by atoms with E-state index in [0.29, 0.717) is 6.04 Å². The number of nitrogens with one attached hydrogen (secondary N) is 1. The van der Waals surface area contributed by atoms with Gasteiger partial charge in [-0.15, -0.1) is 6.58 Å². The van der Waals surface area contributed by atoms with Crippen molar-refractivity contribution in [2.24, 2.45) is 0 Å². The summed E-state index contributed by atoms with van der Waals surface area (Å²) in [5.41, 5.74) is 2.47. The maximum absolute atomic E-state index is 5.33. The summed E-state index contributed by atoms with van der Waals surface area (Å²) in [6.45, 7) is 4.60. The minimum atomic E-state index is 0.346. The van der Waals surface area contributed by atoms with Crippen LogP contribution in [0.3, 0.4) is 0 Å². The molecule has 4 heteroatoms. The first kappa shape index (κ1) is 11.4. The maximum Gasteiger partial charge on any atom is 0.169 e. The Hall–Kier alpha value is -1.05. The van der Waals surface area contributed by atoms with E-state index in [9.17, 15) is 0 Å². The van der Waals surface area contributed by atoms with E-state index >= 15 is 0 Å². The highest BCUT2D eigenvalue weighted by Crippen LogP contribution is 2.36. The van der Waals surface area contributed by atoms with Crippen LogP contribution in [0, 0.1) is 0 Å². The second-order valence-corrected chi connectivity index (χ2v) is 4.02. The molecule has 3 nitrogen and oxygen atoms in total. The molecule has 16 heavy (non-hydrogen) atoms. The van der Waals surface area contributed by atoms with Crippen LogP contribution in [-0.2, 0) is 13.0 Å². The van der Waals surface area contributed by atoms with E-state index in [2.05, 4.69) is 27.4 Å². The average Bonchev–Trinajstić information content (AvgIpc) is 2.36. The summed E-state index contributed by atoms with van der Waals surface area (Å²) in [7, 11) is 3.93. The van der Waals surface area contributed by atoms with Gasteiger partial charge in [-0.05, 0) is 18.1 Å². The SMILES string of the molecule is C=C[C@H]1Cc2ccc(OC)c(OP)c2CN1. The van der Waals surface area contributed by atoms with Gasteiger partial charge in [-0.3, -0.25) is 0 Å². The van der Waals surface area contributed by atoms with Crippen molar-refractivity contribution in [3.05, 3.63) is 35.9 Å². The molecule has 1 N–H and O–H groups in total. The van der Waals surface area contributed by atoms with Gasteiger partial charge in [0.1, 0.15) is 0 Å². The zero-order chi connectivity index (χ0) is 11.5. The third-order valence-electron chi connectivity index (χ3n) is 2.92. The molecule has 0 aliphatic carbocycles. The zero-order valence-electron chi connectivity index (χ0n) is 9.32. The highest BCUT2D eigenvalue weighted by atomic mass is 31.0. The van der Waals surface area contributed by atoms with Gasteiger partial charge in [-0.1, -0.05) is 12.1 Å². The van der Waals surface area contributed by atoms with Crippen molar-refractivity contribution in [2.75, 3.05) is 7.11 Å². The standard InChI is InChI=1S/C12H16NO2P/c1-3-9-6-8-4-5-11(14-2)12(15-16)10(8)7-13-9/h3-5,9,13H,1,6-7,16H2,2H3/t9-/m0/s1. The molecule has 0 radical (unpaired) electrons. The van der Waals surface area contributed by atoms with Gasteiger partial charge in [0, 0.05) is 18.2 Å². The number of hydrogen-bond donors (Lipinski definition) is 1. The smallest absolute Gasteiger partial charge is 0.169 e. The minimum Gasteiger partial charge on any atom is -0.493 e. The van der Waals surface area contributed by atoms with Crippen LogP contribution >= 0.6 is 9.47 Å². The van der Waals surface area contributed by atoms with Gasteiger partial charge < -0.3 is 14.6 Å². The Labute approximate surface area is 98.1 Å². The van der Waals surface area contributed by atoms with Gasteiger partial charge in [0.15, 0.2) is 11.5 Å². The fourth-order valence-electron chi connectivity index (χ4n) is 2.03. The van der Waals surface area contributed by atoms with E-state index in [0.717, 1.165) is 24.5 Å². The van der Waals surface area contributed by atoms with Crippen LogP contribution in [0.1, 0.15) is 11.1 Å². The largest absolute Gasteiger partial charge is 0.493 e. The third kappa shape index (κ3) is 1.93. The van der Waals surface area contributed by atoms with Crippen LogP contribution in [0.5, 0.6) is 11.5 Å². The molecule has 2 rings (SSSR count). The molecule has 1 aliphatic rings. The van der Waals surface area contributed by atoms with Gasteiger partial charge in [0.2, 0.25) is 0 Å². The highest BCUT2D eigenvalue weighted by Gasteiger charge is 2.21. The van der Waals surface area contributed by atoms with Gasteiger partial charge in [0.05, 0.1) is 16.6 Å². The monoisotopic (exact) mass is 237 g/mol. The number of methoxy groups -OCH3 is 1. The quantitative estimate of drug-likeness (QED) is 0.644. The fraction of sp³-hybridized carbons (Fsp3) is 0.333. The van der Waals surface area contributed by atoms with E-state index in [1.807, 2.05) is 12.1 Å². The number of ether oxygens (including phenoxy) is 1. The van der Waals surface area contributed by atoms with Crippen LogP contribution < -0.4 is 14.6 Å². The molecule has 0 fully saturated rings. The van der Waals surface area contributed by atoms with Crippen LogP contribution in [0.25, 0.3) is 0 Å². The molecule has 1 unspecified atom stereocenters. The van der Waals surface area contributed by atoms with Gasteiger partial charge in [0.25, 0.3) is 0 Å². The zero-order valence-corrected chi connectivity index (χ0v) is 10.5. The molecule has 1 aromatic carbocycles. The molecule has 0 bridgehead atoms. The van der Waals surface area contributed by atoms with Crippen molar-refractivity contribution >= 4 is 9.47 Å². The minimum absolute atomic E-state index is 0.346. The predicted molar refractivity (Wildman–Crippen MR) is 67.9 cm³/mol. The summed E-state index contributed by atoms with van der Waals surface area (Å²) < 4.78 is 10.6. The first-order chi connectivity index (χ1) is 7.80. The van der Waals surface area contributed by atoms with Crippen molar-refractivity contribution < 1.29 is 9.26 Å². The maximum atomic E-state index is 5.33. The summed E-state index contributed by atoms with van der Waals surface area (Å²) in [5, 5.41) is 3.39. The van der Waals surface area contributed by atoms with Gasteiger partial charge in [-0.25, -0.2) is 0 Å². The molecule has 1 aliphatic heterocycles. The van der Waals surface area contributed by atoms with Crippen LogP contribution in [-0.4, -0.2) is 13.2 Å². The fourth-order valence-corrected chi connectivity index (χ4v) is 2.29. The Morgan fingerprint density at radius 1 is 1.56 bits per heavy atom. The molecule has 0 saturated heterocycles. The average molecular weight is 237 g/mol. The number of hydrogen-bond acceptors (Lipinski definition) is 3. The summed E-state index contributed by atoms with van der Waals surface area (Å²) in [6.07, 6.45) is 2.89. The molecular weight excluding hydrogens is 221 g/mol. The Balaban J connectivity index is 2.42. The summed E-state index contributed by atoms with van der Waals surface area (Å²) in [6, 6.07) is 4.39. The second-order valence-electron chi connectivity index (χ2n) is 3.78. The molecule has 0 aromatic heterocycles. The lowest BCUT2D eigenvalue weighted by molar-refractivity contribution is 0.395. The summed E-state index contributed by atoms with van der Waals surface area (Å²) in [4.78, 5) is 0. The first-order valence-electron chi connectivity index (χ1n) is 5.21. The number of benzene rings is 1. The molecule has 0 saturated carbocycles. The van der Waals surface area contributed by atoms with Crippen molar-refractivity contribution in [2.45, 2.75) is 19.0 Å². The van der Waals surface area contributed by atoms with E-state index in [1.54, 1.807) is 7.11 Å². The number of fused-ring (bicyclic) bond motifs is 1. The van der Waals surface area contributed by atoms with Crippen LogP contribution in [0.15, 0.2) is 24.8 Å². The van der Waals surface area contributed by atoms with E-state index in [4.69, 9.17) is 9.26 Å². The lowest BCUT2D eigenvalue weighted by atomic mass is 9.95. The van der Waals surface area contributed by atoms with E-state index < -0.39 is 0 Å². The summed E-state index contributed by atoms with van der Waals surface area (Å²) in [5.74, 6) is 1.58. The Kier molecular flexibility index (Phi) is 3.47. The summed E-state index contributed by atoms with van der Waals surface area (Å²) >= 11 is 0. The van der Waals surface area contributed by atoms with Crippen molar-refractivity contribution in [1.82, 2.24) is 5.32 Å². The molecule has 0 spiro atoms. The van der Waals surface area contributed by atoms with E-state index in [1.165, 1.54) is 11.1 Å². The van der Waals surface area contributed by atoms with Crippen LogP contribution in [0.2, 0.25) is 0 Å². The number of rotatable bonds is 3. The topological polar surface area (TPSA) is 30.5 Å². The predicted octanol–water partition coefficient (Wildman–Crippen LogP) is 2.06. The lowest BCUT2D eigenvalue weighted by Gasteiger charge is -2.26. The normalized spacial score (nSPS) is 18.8. The van der Waals surface area contributed by atoms with Crippen molar-refractivity contribution in [1.29, 1.82) is 0 Å².